The minimum absolute atomic E-state index is 0.352. The number of pyridine rings is 2. The van der Waals surface area contributed by atoms with E-state index in [4.69, 9.17) is 33.0 Å². The SMILES string of the molecule is NC1=CC=CC(Cl)=NC12CCCN(c1cnc(-c3ccc4nccn4c3)cc1Cn1cnc3c(N)ncnc31)C2. The molecule has 1 saturated heterocycles. The predicted molar refractivity (Wildman–Crippen MR) is 156 cm³/mol. The Hall–Kier alpha value is -4.77. The Balaban J connectivity index is 1.33. The molecule has 2 aliphatic rings. The number of hydrogen-bond donors (Lipinski definition) is 2. The summed E-state index contributed by atoms with van der Waals surface area (Å²) in [5, 5.41) is 0.448. The zero-order valence-electron chi connectivity index (χ0n) is 21.5. The highest BCUT2D eigenvalue weighted by Gasteiger charge is 2.39. The standard InChI is InChI=1S/C28H26ClN11/c29-23-4-1-3-22(30)28(37-23)7-2-9-39(15-28)21-12-33-20(18-5-6-24-32-8-10-38(24)13-18)11-19(21)14-40-17-36-25-26(31)34-16-35-27(25)40/h1,3-6,8,10-13,16-17H,2,7,9,14-15,30H2,(H2,31,34,35). The maximum absolute atomic E-state index is 6.56. The second-order valence-electron chi connectivity index (χ2n) is 10.1. The van der Waals surface area contributed by atoms with Crippen molar-refractivity contribution in [3.8, 4) is 11.3 Å². The molecule has 7 rings (SSSR count). The molecule has 200 valence electrons. The smallest absolute Gasteiger partial charge is 0.165 e. The fourth-order valence-electron chi connectivity index (χ4n) is 5.59. The number of allylic oxidation sites excluding steroid dienone is 3. The Labute approximate surface area is 234 Å². The first-order valence-corrected chi connectivity index (χ1v) is 13.3. The van der Waals surface area contributed by atoms with Crippen LogP contribution in [0.3, 0.4) is 0 Å². The molecule has 0 bridgehead atoms. The predicted octanol–water partition coefficient (Wildman–Crippen LogP) is 3.56. The van der Waals surface area contributed by atoms with E-state index in [-0.39, 0.29) is 0 Å². The van der Waals surface area contributed by atoms with Crippen molar-refractivity contribution in [1.82, 2.24) is 33.9 Å². The fraction of sp³-hybridized carbons (Fsp3) is 0.214. The minimum Gasteiger partial charge on any atom is -0.400 e. The van der Waals surface area contributed by atoms with Gasteiger partial charge in [-0.2, -0.15) is 0 Å². The summed E-state index contributed by atoms with van der Waals surface area (Å²) in [6.45, 7) is 1.93. The van der Waals surface area contributed by atoms with Gasteiger partial charge in [0.2, 0.25) is 0 Å². The molecule has 5 aromatic rings. The Kier molecular flexibility index (Phi) is 5.74. The summed E-state index contributed by atoms with van der Waals surface area (Å²) in [7, 11) is 0. The van der Waals surface area contributed by atoms with Gasteiger partial charge >= 0.3 is 0 Å². The third-order valence-corrected chi connectivity index (χ3v) is 7.81. The van der Waals surface area contributed by atoms with Gasteiger partial charge in [0.15, 0.2) is 11.5 Å². The Morgan fingerprint density at radius 1 is 1.07 bits per heavy atom. The number of aliphatic imine (C=N–C) groups is 1. The summed E-state index contributed by atoms with van der Waals surface area (Å²) in [5.41, 5.74) is 18.7. The van der Waals surface area contributed by atoms with E-state index in [1.165, 1.54) is 6.33 Å². The molecule has 4 N–H and O–H groups in total. The van der Waals surface area contributed by atoms with Crippen LogP contribution in [-0.4, -0.2) is 57.7 Å². The van der Waals surface area contributed by atoms with Crippen molar-refractivity contribution in [3.05, 3.63) is 85.1 Å². The van der Waals surface area contributed by atoms with Gasteiger partial charge in [-0.15, -0.1) is 0 Å². The topological polar surface area (TPSA) is 141 Å². The van der Waals surface area contributed by atoms with E-state index < -0.39 is 5.54 Å². The van der Waals surface area contributed by atoms with Gasteiger partial charge in [0, 0.05) is 42.9 Å². The first kappa shape index (κ1) is 24.3. The summed E-state index contributed by atoms with van der Waals surface area (Å²) in [6, 6.07) is 6.14. The van der Waals surface area contributed by atoms with E-state index in [0.29, 0.717) is 40.9 Å². The fourth-order valence-corrected chi connectivity index (χ4v) is 5.82. The van der Waals surface area contributed by atoms with Crippen LogP contribution in [0.25, 0.3) is 28.1 Å². The number of halogens is 1. The molecule has 0 aromatic carbocycles. The number of piperidine rings is 1. The average molecular weight is 552 g/mol. The van der Waals surface area contributed by atoms with Crippen LogP contribution in [0.2, 0.25) is 0 Å². The molecule has 5 aromatic heterocycles. The maximum atomic E-state index is 6.56. The number of imidazole rings is 2. The Morgan fingerprint density at radius 2 is 2.00 bits per heavy atom. The summed E-state index contributed by atoms with van der Waals surface area (Å²) in [6.07, 6.45) is 18.1. The van der Waals surface area contributed by atoms with Crippen LogP contribution in [0.1, 0.15) is 18.4 Å². The van der Waals surface area contributed by atoms with Gasteiger partial charge in [-0.1, -0.05) is 17.7 Å². The second-order valence-corrected chi connectivity index (χ2v) is 10.5. The highest BCUT2D eigenvalue weighted by Crippen LogP contribution is 2.36. The van der Waals surface area contributed by atoms with E-state index >= 15 is 0 Å². The molecule has 40 heavy (non-hydrogen) atoms. The molecule has 11 nitrogen and oxygen atoms in total. The Morgan fingerprint density at radius 3 is 2.92 bits per heavy atom. The quantitative estimate of drug-likeness (QED) is 0.345. The summed E-state index contributed by atoms with van der Waals surface area (Å²) < 4.78 is 3.96. The number of fused-ring (bicyclic) bond motifs is 2. The van der Waals surface area contributed by atoms with Crippen molar-refractivity contribution < 1.29 is 0 Å². The van der Waals surface area contributed by atoms with E-state index in [9.17, 15) is 0 Å². The maximum Gasteiger partial charge on any atom is 0.165 e. The van der Waals surface area contributed by atoms with E-state index in [1.807, 2.05) is 51.8 Å². The molecule has 1 spiro atoms. The number of nitrogen functional groups attached to an aromatic ring is 1. The van der Waals surface area contributed by atoms with Gasteiger partial charge in [-0.05, 0) is 48.8 Å². The van der Waals surface area contributed by atoms with Crippen molar-refractivity contribution in [2.75, 3.05) is 23.7 Å². The van der Waals surface area contributed by atoms with Gasteiger partial charge in [0.05, 0.1) is 30.5 Å². The molecule has 1 unspecified atom stereocenters. The molecular formula is C28H26ClN11. The van der Waals surface area contributed by atoms with Crippen LogP contribution in [0.5, 0.6) is 0 Å². The highest BCUT2D eigenvalue weighted by molar-refractivity contribution is 6.68. The van der Waals surface area contributed by atoms with Crippen molar-refractivity contribution in [2.24, 2.45) is 10.7 Å². The monoisotopic (exact) mass is 551 g/mol. The van der Waals surface area contributed by atoms with Gasteiger partial charge in [-0.25, -0.2) is 19.9 Å². The summed E-state index contributed by atoms with van der Waals surface area (Å²) in [4.78, 5) is 29.4. The normalized spacial score (nSPS) is 19.3. The Bertz CT molecular complexity index is 1850. The number of rotatable bonds is 4. The molecule has 0 saturated carbocycles. The first-order valence-electron chi connectivity index (χ1n) is 13.0. The number of nitrogens with zero attached hydrogens (tertiary/aromatic N) is 9. The molecule has 7 heterocycles. The van der Waals surface area contributed by atoms with Crippen LogP contribution in [0, 0.1) is 0 Å². The summed E-state index contributed by atoms with van der Waals surface area (Å²) >= 11 is 6.42. The number of aromatic nitrogens is 7. The third kappa shape index (κ3) is 4.15. The third-order valence-electron chi connectivity index (χ3n) is 7.60. The van der Waals surface area contributed by atoms with E-state index in [2.05, 4.69) is 30.9 Å². The van der Waals surface area contributed by atoms with Gasteiger partial charge in [0.1, 0.15) is 28.2 Å². The van der Waals surface area contributed by atoms with E-state index in [0.717, 1.165) is 47.5 Å². The molecule has 2 aliphatic heterocycles. The largest absolute Gasteiger partial charge is 0.400 e. The van der Waals surface area contributed by atoms with Crippen LogP contribution in [0.4, 0.5) is 11.5 Å². The first-order chi connectivity index (χ1) is 19.5. The van der Waals surface area contributed by atoms with Crippen molar-refractivity contribution in [1.29, 1.82) is 0 Å². The van der Waals surface area contributed by atoms with Gasteiger partial charge < -0.3 is 25.3 Å². The molecule has 1 fully saturated rings. The van der Waals surface area contributed by atoms with Gasteiger partial charge in [-0.3, -0.25) is 9.98 Å². The number of anilines is 2. The molecule has 0 aliphatic carbocycles. The lowest BCUT2D eigenvalue weighted by Gasteiger charge is -2.42. The van der Waals surface area contributed by atoms with Crippen LogP contribution in [-0.2, 0) is 6.54 Å². The average Bonchev–Trinajstić information content (AvgIpc) is 3.57. The highest BCUT2D eigenvalue weighted by atomic mass is 35.5. The number of nitrogens with two attached hydrogens (primary N) is 2. The van der Waals surface area contributed by atoms with Crippen molar-refractivity contribution in [3.63, 3.8) is 0 Å². The zero-order valence-corrected chi connectivity index (χ0v) is 22.3. The van der Waals surface area contributed by atoms with Crippen LogP contribution in [0.15, 0.2) is 84.6 Å². The van der Waals surface area contributed by atoms with Crippen LogP contribution < -0.4 is 16.4 Å². The zero-order chi connectivity index (χ0) is 27.3. The lowest BCUT2D eigenvalue weighted by molar-refractivity contribution is 0.396. The molecule has 0 amide bonds. The van der Waals surface area contributed by atoms with Crippen LogP contribution >= 0.6 is 11.6 Å². The summed E-state index contributed by atoms with van der Waals surface area (Å²) in [5.74, 6) is 0.352. The minimum atomic E-state index is -0.607. The molecular weight excluding hydrogens is 526 g/mol. The van der Waals surface area contributed by atoms with Gasteiger partial charge in [0.25, 0.3) is 0 Å². The lowest BCUT2D eigenvalue weighted by atomic mass is 9.86. The molecule has 0 radical (unpaired) electrons. The molecule has 1 atom stereocenters. The lowest BCUT2D eigenvalue weighted by Crippen LogP contribution is -2.50. The second kappa shape index (κ2) is 9.45. The van der Waals surface area contributed by atoms with E-state index in [1.54, 1.807) is 18.6 Å². The number of hydrogen-bond acceptors (Lipinski definition) is 9. The molecule has 12 heteroatoms. The van der Waals surface area contributed by atoms with Crippen molar-refractivity contribution >= 4 is 45.1 Å². The van der Waals surface area contributed by atoms with Crippen molar-refractivity contribution in [2.45, 2.75) is 24.9 Å².